The van der Waals surface area contributed by atoms with Crippen molar-refractivity contribution in [2.24, 2.45) is 5.92 Å². The van der Waals surface area contributed by atoms with Crippen molar-refractivity contribution < 1.29 is 14.5 Å². The second-order valence-electron chi connectivity index (χ2n) is 7.24. The van der Waals surface area contributed by atoms with Crippen molar-refractivity contribution in [3.05, 3.63) is 63.2 Å². The van der Waals surface area contributed by atoms with Crippen LogP contribution in [0.2, 0.25) is 0 Å². The third-order valence-corrected chi connectivity index (χ3v) is 5.14. The van der Waals surface area contributed by atoms with Gasteiger partial charge in [0.25, 0.3) is 5.69 Å². The van der Waals surface area contributed by atoms with E-state index in [1.165, 1.54) is 6.07 Å². The fraction of sp³-hybridized carbons (Fsp3) is 0.381. The monoisotopic (exact) mass is 368 g/mol. The summed E-state index contributed by atoms with van der Waals surface area (Å²) in [5.41, 5.74) is 2.38. The van der Waals surface area contributed by atoms with Gasteiger partial charge in [-0.1, -0.05) is 25.1 Å². The molecule has 0 aromatic heterocycles. The van der Waals surface area contributed by atoms with Gasteiger partial charge in [0, 0.05) is 19.2 Å². The van der Waals surface area contributed by atoms with Gasteiger partial charge in [-0.2, -0.15) is 0 Å². The van der Waals surface area contributed by atoms with Crippen LogP contribution in [-0.2, 0) is 0 Å². The van der Waals surface area contributed by atoms with Gasteiger partial charge in [-0.15, -0.1) is 0 Å². The summed E-state index contributed by atoms with van der Waals surface area (Å²) < 4.78 is 5.52. The first-order valence-electron chi connectivity index (χ1n) is 9.18. The topological polar surface area (TPSA) is 72.7 Å². The van der Waals surface area contributed by atoms with Crippen molar-refractivity contribution in [2.45, 2.75) is 33.6 Å². The van der Waals surface area contributed by atoms with Gasteiger partial charge < -0.3 is 9.64 Å². The fourth-order valence-electron chi connectivity index (χ4n) is 3.43. The number of carbonyl (C=O) groups is 1. The second kappa shape index (κ2) is 7.78. The number of rotatable bonds is 4. The predicted molar refractivity (Wildman–Crippen MR) is 105 cm³/mol. The molecular formula is C21H24N2O4. The fourth-order valence-corrected chi connectivity index (χ4v) is 3.43. The van der Waals surface area contributed by atoms with Crippen LogP contribution in [0.3, 0.4) is 0 Å². The van der Waals surface area contributed by atoms with E-state index in [0.717, 1.165) is 37.1 Å². The van der Waals surface area contributed by atoms with Gasteiger partial charge in [0.05, 0.1) is 10.5 Å². The number of esters is 1. The highest BCUT2D eigenvalue weighted by molar-refractivity contribution is 5.93. The molecule has 3 rings (SSSR count). The maximum atomic E-state index is 12.6. The number of piperidine rings is 1. The summed E-state index contributed by atoms with van der Waals surface area (Å²) in [4.78, 5) is 25.8. The van der Waals surface area contributed by atoms with Crippen molar-refractivity contribution in [2.75, 3.05) is 18.0 Å². The predicted octanol–water partition coefficient (Wildman–Crippen LogP) is 4.67. The molecule has 0 saturated carbocycles. The number of para-hydroxylation sites is 1. The first-order valence-corrected chi connectivity index (χ1v) is 9.18. The van der Waals surface area contributed by atoms with E-state index in [-0.39, 0.29) is 11.3 Å². The molecule has 1 heterocycles. The number of nitro groups is 1. The average Bonchev–Trinajstić information content (AvgIpc) is 2.65. The lowest BCUT2D eigenvalue weighted by Crippen LogP contribution is -2.33. The molecule has 0 bridgehead atoms. The molecule has 0 unspecified atom stereocenters. The molecule has 6 nitrogen and oxygen atoms in total. The quantitative estimate of drug-likeness (QED) is 0.339. The lowest BCUT2D eigenvalue weighted by Gasteiger charge is -2.31. The molecule has 142 valence electrons. The maximum absolute atomic E-state index is 12.6. The minimum absolute atomic E-state index is 0.0551. The summed E-state index contributed by atoms with van der Waals surface area (Å²) in [7, 11) is 0. The van der Waals surface area contributed by atoms with Gasteiger partial charge >= 0.3 is 5.97 Å². The number of carbonyl (C=O) groups excluding carboxylic acids is 1. The first kappa shape index (κ1) is 18.9. The van der Waals surface area contributed by atoms with E-state index in [0.29, 0.717) is 17.4 Å². The number of hydrogen-bond donors (Lipinski definition) is 0. The van der Waals surface area contributed by atoms with Crippen LogP contribution in [-0.4, -0.2) is 24.0 Å². The third kappa shape index (κ3) is 4.10. The normalized spacial score (nSPS) is 14.9. The minimum Gasteiger partial charge on any atom is -0.422 e. The van der Waals surface area contributed by atoms with Crippen molar-refractivity contribution >= 4 is 17.3 Å². The van der Waals surface area contributed by atoms with Gasteiger partial charge in [0.15, 0.2) is 0 Å². The molecule has 1 saturated heterocycles. The Labute approximate surface area is 158 Å². The molecule has 1 aliphatic heterocycles. The number of anilines is 1. The van der Waals surface area contributed by atoms with Crippen LogP contribution in [0.5, 0.6) is 5.75 Å². The molecule has 0 atom stereocenters. The number of hydrogen-bond acceptors (Lipinski definition) is 5. The van der Waals surface area contributed by atoms with E-state index in [1.807, 2.05) is 36.9 Å². The highest BCUT2D eigenvalue weighted by Gasteiger charge is 2.25. The number of ether oxygens (including phenoxy) is 1. The molecule has 0 radical (unpaired) electrons. The van der Waals surface area contributed by atoms with Crippen LogP contribution in [0.1, 0.15) is 41.3 Å². The summed E-state index contributed by atoms with van der Waals surface area (Å²) >= 11 is 0. The largest absolute Gasteiger partial charge is 0.422 e. The van der Waals surface area contributed by atoms with E-state index < -0.39 is 10.9 Å². The smallest absolute Gasteiger partial charge is 0.343 e. The molecule has 27 heavy (non-hydrogen) atoms. The Hall–Kier alpha value is -2.89. The number of nitro benzene ring substituents is 1. The van der Waals surface area contributed by atoms with Crippen molar-refractivity contribution in [1.29, 1.82) is 0 Å². The van der Waals surface area contributed by atoms with Crippen LogP contribution in [0, 0.1) is 29.9 Å². The van der Waals surface area contributed by atoms with Crippen molar-refractivity contribution in [1.82, 2.24) is 0 Å². The summed E-state index contributed by atoms with van der Waals surface area (Å²) in [5, 5.41) is 11.6. The Balaban J connectivity index is 1.87. The van der Waals surface area contributed by atoms with Crippen LogP contribution in [0.4, 0.5) is 11.4 Å². The van der Waals surface area contributed by atoms with Crippen LogP contribution in [0.15, 0.2) is 36.4 Å². The molecule has 0 N–H and O–H groups in total. The second-order valence-corrected chi connectivity index (χ2v) is 7.24. The van der Waals surface area contributed by atoms with Crippen LogP contribution < -0.4 is 9.64 Å². The molecule has 2 aromatic rings. The molecule has 1 fully saturated rings. The van der Waals surface area contributed by atoms with E-state index >= 15 is 0 Å². The number of nitrogens with zero attached hydrogens (tertiary/aromatic N) is 2. The molecule has 0 aliphatic carbocycles. The van der Waals surface area contributed by atoms with Gasteiger partial charge in [-0.3, -0.25) is 10.1 Å². The summed E-state index contributed by atoms with van der Waals surface area (Å²) in [6.45, 7) is 7.48. The Morgan fingerprint density at radius 1 is 1.15 bits per heavy atom. The zero-order valence-electron chi connectivity index (χ0n) is 15.9. The van der Waals surface area contributed by atoms with Gasteiger partial charge in [0.1, 0.15) is 11.4 Å². The lowest BCUT2D eigenvalue weighted by molar-refractivity contribution is -0.384. The van der Waals surface area contributed by atoms with Gasteiger partial charge in [-0.25, -0.2) is 4.79 Å². The molecule has 1 aliphatic rings. The Morgan fingerprint density at radius 3 is 2.37 bits per heavy atom. The summed E-state index contributed by atoms with van der Waals surface area (Å²) in [5.74, 6) is 0.542. The van der Waals surface area contributed by atoms with Crippen LogP contribution in [0.25, 0.3) is 0 Å². The van der Waals surface area contributed by atoms with Crippen molar-refractivity contribution in [3.8, 4) is 5.75 Å². The lowest BCUT2D eigenvalue weighted by atomic mass is 9.98. The first-order chi connectivity index (χ1) is 12.9. The highest BCUT2D eigenvalue weighted by atomic mass is 16.6. The third-order valence-electron chi connectivity index (χ3n) is 5.14. The van der Waals surface area contributed by atoms with Crippen LogP contribution >= 0.6 is 0 Å². The average molecular weight is 368 g/mol. The minimum atomic E-state index is -0.589. The maximum Gasteiger partial charge on any atom is 0.343 e. The van der Waals surface area contributed by atoms with E-state index in [2.05, 4.69) is 6.92 Å². The molecule has 6 heteroatoms. The van der Waals surface area contributed by atoms with Gasteiger partial charge in [0.2, 0.25) is 0 Å². The summed E-state index contributed by atoms with van der Waals surface area (Å²) in [6.07, 6.45) is 2.01. The van der Waals surface area contributed by atoms with E-state index in [9.17, 15) is 14.9 Å². The summed E-state index contributed by atoms with van der Waals surface area (Å²) in [6, 6.07) is 10.2. The van der Waals surface area contributed by atoms with Gasteiger partial charge in [-0.05, 0) is 55.9 Å². The van der Waals surface area contributed by atoms with E-state index in [1.54, 1.807) is 12.1 Å². The SMILES string of the molecule is Cc1cccc(C)c1OC(=O)c1ccc(N2CCC(C)CC2)c([N+](=O)[O-])c1. The number of aryl methyl sites for hydroxylation is 2. The zero-order chi connectivity index (χ0) is 19.6. The molecule has 2 aromatic carbocycles. The van der Waals surface area contributed by atoms with E-state index in [4.69, 9.17) is 4.74 Å². The number of benzene rings is 2. The Morgan fingerprint density at radius 2 is 1.78 bits per heavy atom. The van der Waals surface area contributed by atoms with Crippen molar-refractivity contribution in [3.63, 3.8) is 0 Å². The standard InChI is InChI=1S/C21H24N2O4/c1-14-9-11-22(12-10-14)18-8-7-17(13-19(18)23(25)26)21(24)27-20-15(2)5-4-6-16(20)3/h4-8,13-14H,9-12H2,1-3H3. The molecular weight excluding hydrogens is 344 g/mol. The highest BCUT2D eigenvalue weighted by Crippen LogP contribution is 2.33. The zero-order valence-corrected chi connectivity index (χ0v) is 15.9. The Kier molecular flexibility index (Phi) is 5.44. The molecule has 0 spiro atoms. The Bertz CT molecular complexity index is 850. The molecule has 0 amide bonds.